The van der Waals surface area contributed by atoms with E-state index in [2.05, 4.69) is 15.3 Å². The minimum absolute atomic E-state index is 0.125. The molecule has 1 amide bonds. The molecule has 0 spiro atoms. The van der Waals surface area contributed by atoms with Gasteiger partial charge >= 0.3 is 0 Å². The summed E-state index contributed by atoms with van der Waals surface area (Å²) in [4.78, 5) is 13.6. The number of primary amides is 1. The van der Waals surface area contributed by atoms with Gasteiger partial charge in [-0.25, -0.2) is 17.5 Å². The van der Waals surface area contributed by atoms with Gasteiger partial charge in [0.2, 0.25) is 10.9 Å². The summed E-state index contributed by atoms with van der Waals surface area (Å²) in [6.45, 7) is 2.24. The van der Waals surface area contributed by atoms with E-state index in [0.717, 1.165) is 22.0 Å². The number of carbonyl (C=O) groups is 1. The van der Waals surface area contributed by atoms with Crippen LogP contribution in [0.3, 0.4) is 0 Å². The van der Waals surface area contributed by atoms with E-state index < -0.39 is 27.3 Å². The second-order valence-corrected chi connectivity index (χ2v) is 11.1. The van der Waals surface area contributed by atoms with E-state index in [1.54, 1.807) is 30.1 Å². The smallest absolute Gasteiger partial charge is 0.264 e. The van der Waals surface area contributed by atoms with Crippen LogP contribution in [0.5, 0.6) is 0 Å². The Labute approximate surface area is 200 Å². The summed E-state index contributed by atoms with van der Waals surface area (Å²) in [7, 11) is -2.32. The first-order valence-corrected chi connectivity index (χ1v) is 12.5. The number of hydrogen-bond acceptors (Lipinski definition) is 6. The number of hydrogen-bond donors (Lipinski definition) is 1. The summed E-state index contributed by atoms with van der Waals surface area (Å²) in [6, 6.07) is 9.97. The number of rotatable bonds is 5. The van der Waals surface area contributed by atoms with Crippen molar-refractivity contribution in [2.24, 2.45) is 24.6 Å². The highest BCUT2D eigenvalue weighted by molar-refractivity contribution is 7.89. The van der Waals surface area contributed by atoms with Gasteiger partial charge in [-0.15, -0.1) is 5.10 Å². The molecule has 2 aromatic carbocycles. The zero-order valence-electron chi connectivity index (χ0n) is 19.0. The Morgan fingerprint density at radius 3 is 2.57 bits per heavy atom. The maximum absolute atomic E-state index is 13.4. The molecule has 3 atom stereocenters. The summed E-state index contributed by atoms with van der Waals surface area (Å²) in [5, 5.41) is 13.0. The van der Waals surface area contributed by atoms with Crippen molar-refractivity contribution in [1.82, 2.24) is 29.1 Å². The van der Waals surface area contributed by atoms with Crippen LogP contribution in [0.15, 0.2) is 53.8 Å². The van der Waals surface area contributed by atoms with E-state index in [-0.39, 0.29) is 29.9 Å². The predicted molar refractivity (Wildman–Crippen MR) is 123 cm³/mol. The lowest BCUT2D eigenvalue weighted by Crippen LogP contribution is -2.37. The van der Waals surface area contributed by atoms with Gasteiger partial charge in [-0.05, 0) is 60.4 Å². The summed E-state index contributed by atoms with van der Waals surface area (Å²) in [6.07, 6.45) is 2.93. The highest BCUT2D eigenvalue weighted by Gasteiger charge is 2.73. The normalized spacial score (nSPS) is 24.1. The molecule has 2 aliphatic rings. The van der Waals surface area contributed by atoms with Crippen LogP contribution in [0.2, 0.25) is 0 Å². The number of sulfonamides is 1. The first kappa shape index (κ1) is 21.9. The lowest BCUT2D eigenvalue weighted by molar-refractivity contribution is -0.120. The minimum atomic E-state index is -3.87. The first-order chi connectivity index (χ1) is 16.6. The third-order valence-electron chi connectivity index (χ3n) is 7.32. The van der Waals surface area contributed by atoms with E-state index in [4.69, 9.17) is 5.73 Å². The van der Waals surface area contributed by atoms with Crippen molar-refractivity contribution in [2.45, 2.75) is 17.4 Å². The maximum atomic E-state index is 13.4. The van der Waals surface area contributed by atoms with Crippen molar-refractivity contribution in [1.29, 1.82) is 0 Å². The van der Waals surface area contributed by atoms with Gasteiger partial charge in [-0.3, -0.25) is 4.79 Å². The maximum Gasteiger partial charge on any atom is 0.264 e. The van der Waals surface area contributed by atoms with E-state index in [0.29, 0.717) is 5.69 Å². The molecule has 12 heteroatoms. The zero-order valence-corrected chi connectivity index (χ0v) is 19.8. The van der Waals surface area contributed by atoms with Crippen LogP contribution >= 0.6 is 0 Å². The monoisotopic (exact) mass is 495 g/mol. The first-order valence-electron chi connectivity index (χ1n) is 11.0. The SMILES string of the molecule is Cc1cc2c(cnn2-c2ccc(F)cc2)cc1[C@@]12CN(S(=O)(=O)c3cnn(C)n3)C[C@@H]1[C@H]2C(N)=O. The quantitative estimate of drug-likeness (QED) is 0.444. The Hall–Kier alpha value is -3.64. The third kappa shape index (κ3) is 3.06. The van der Waals surface area contributed by atoms with Gasteiger partial charge in [-0.2, -0.15) is 19.3 Å². The third-order valence-corrected chi connectivity index (χ3v) is 9.00. The Balaban J connectivity index is 1.42. The highest BCUT2D eigenvalue weighted by atomic mass is 32.2. The number of nitrogens with zero attached hydrogens (tertiary/aromatic N) is 6. The molecule has 2 fully saturated rings. The molecular formula is C23H22FN7O3S. The Morgan fingerprint density at radius 2 is 1.91 bits per heavy atom. The Bertz CT molecular complexity index is 1610. The van der Waals surface area contributed by atoms with E-state index >= 15 is 0 Å². The van der Waals surface area contributed by atoms with Crippen molar-refractivity contribution in [3.8, 4) is 5.69 Å². The topological polar surface area (TPSA) is 129 Å². The van der Waals surface area contributed by atoms with Crippen LogP contribution in [-0.2, 0) is 27.3 Å². The number of aromatic nitrogens is 5. The number of fused-ring (bicyclic) bond motifs is 2. The molecule has 1 aliphatic heterocycles. The Morgan fingerprint density at radius 1 is 1.17 bits per heavy atom. The average Bonchev–Trinajstić information content (AvgIpc) is 3.23. The van der Waals surface area contributed by atoms with E-state index in [1.807, 2.05) is 19.1 Å². The lowest BCUT2D eigenvalue weighted by Gasteiger charge is -2.23. The lowest BCUT2D eigenvalue weighted by atomic mass is 9.88. The van der Waals surface area contributed by atoms with Gasteiger partial charge < -0.3 is 5.73 Å². The second kappa shape index (κ2) is 7.18. The molecule has 0 bridgehead atoms. The molecule has 1 aliphatic carbocycles. The van der Waals surface area contributed by atoms with Crippen molar-refractivity contribution >= 4 is 26.8 Å². The number of nitrogens with two attached hydrogens (primary N) is 1. The fourth-order valence-electron chi connectivity index (χ4n) is 5.71. The van der Waals surface area contributed by atoms with Crippen molar-refractivity contribution in [3.05, 3.63) is 65.7 Å². The molecule has 2 aromatic heterocycles. The fourth-order valence-corrected chi connectivity index (χ4v) is 7.12. The van der Waals surface area contributed by atoms with Crippen molar-refractivity contribution in [2.75, 3.05) is 13.1 Å². The fraction of sp³-hybridized carbons (Fsp3) is 0.304. The van der Waals surface area contributed by atoms with Gasteiger partial charge in [0.25, 0.3) is 10.0 Å². The van der Waals surface area contributed by atoms with Gasteiger partial charge in [-0.1, -0.05) is 0 Å². The van der Waals surface area contributed by atoms with E-state index in [1.165, 1.54) is 27.4 Å². The minimum Gasteiger partial charge on any atom is -0.369 e. The number of amides is 1. The number of aryl methyl sites for hydroxylation is 2. The number of benzene rings is 2. The number of halogens is 1. The highest BCUT2D eigenvalue weighted by Crippen LogP contribution is 2.65. The van der Waals surface area contributed by atoms with Crippen LogP contribution < -0.4 is 5.73 Å². The van der Waals surface area contributed by atoms with Gasteiger partial charge in [0.15, 0.2) is 0 Å². The summed E-state index contributed by atoms with van der Waals surface area (Å²) < 4.78 is 42.9. The molecule has 1 saturated heterocycles. The summed E-state index contributed by atoms with van der Waals surface area (Å²) in [5.41, 5.74) is 8.36. The molecule has 35 heavy (non-hydrogen) atoms. The molecule has 180 valence electrons. The molecule has 1 saturated carbocycles. The molecule has 2 N–H and O–H groups in total. The molecule has 4 aromatic rings. The zero-order chi connectivity index (χ0) is 24.7. The number of piperidine rings is 1. The predicted octanol–water partition coefficient (Wildman–Crippen LogP) is 1.28. The van der Waals surface area contributed by atoms with Gasteiger partial charge in [0.1, 0.15) is 5.82 Å². The molecule has 10 nitrogen and oxygen atoms in total. The average molecular weight is 496 g/mol. The Kier molecular flexibility index (Phi) is 4.49. The molecule has 3 heterocycles. The molecule has 0 radical (unpaired) electrons. The number of carbonyl (C=O) groups excluding carboxylic acids is 1. The van der Waals surface area contributed by atoms with Gasteiger partial charge in [0.05, 0.1) is 29.5 Å². The molecular weight excluding hydrogens is 473 g/mol. The summed E-state index contributed by atoms with van der Waals surface area (Å²) in [5.74, 6) is -1.45. The van der Waals surface area contributed by atoms with Crippen molar-refractivity contribution < 1.29 is 17.6 Å². The van der Waals surface area contributed by atoms with Crippen LogP contribution in [-0.4, -0.2) is 56.5 Å². The van der Waals surface area contributed by atoms with Crippen LogP contribution in [0.1, 0.15) is 11.1 Å². The van der Waals surface area contributed by atoms with Crippen LogP contribution in [0.25, 0.3) is 16.6 Å². The van der Waals surface area contributed by atoms with Crippen molar-refractivity contribution in [3.63, 3.8) is 0 Å². The van der Waals surface area contributed by atoms with Crippen LogP contribution in [0, 0.1) is 24.6 Å². The van der Waals surface area contributed by atoms with Crippen LogP contribution in [0.4, 0.5) is 4.39 Å². The second-order valence-electron chi connectivity index (χ2n) is 9.26. The summed E-state index contributed by atoms with van der Waals surface area (Å²) >= 11 is 0. The largest absolute Gasteiger partial charge is 0.369 e. The molecule has 6 rings (SSSR count). The van der Waals surface area contributed by atoms with Gasteiger partial charge in [0, 0.05) is 30.9 Å². The van der Waals surface area contributed by atoms with E-state index in [9.17, 15) is 17.6 Å². The standard InChI is InChI=1S/C23H22FN7O3S/c1-13-7-19-14(9-27-31(19)16-5-3-15(24)4-6-16)8-17(13)23-12-30(11-18(23)21(23)22(25)32)35(33,34)20-10-26-29(2)28-20/h3-10,18,21H,11-12H2,1-2H3,(H2,25,32)/t18-,21+,23+/m1/s1. The molecule has 0 unspecified atom stereocenters.